The van der Waals surface area contributed by atoms with Gasteiger partial charge in [0.15, 0.2) is 0 Å². The minimum absolute atomic E-state index is 0.309. The lowest BCUT2D eigenvalue weighted by molar-refractivity contribution is 0.299. The smallest absolute Gasteiger partial charge is 0.142 e. The molecule has 1 aromatic carbocycles. The van der Waals surface area contributed by atoms with Crippen LogP contribution < -0.4 is 4.74 Å². The molecule has 4 heteroatoms. The number of alkyl halides is 1. The number of aryl methyl sites for hydroxylation is 1. The first-order valence-corrected chi connectivity index (χ1v) is 7.12. The van der Waals surface area contributed by atoms with Crippen LogP contribution in [-0.2, 0) is 6.61 Å². The van der Waals surface area contributed by atoms with Crippen molar-refractivity contribution in [3.05, 3.63) is 59.2 Å². The van der Waals surface area contributed by atoms with Gasteiger partial charge in [-0.25, -0.2) is 4.39 Å². The second-order valence-electron chi connectivity index (χ2n) is 4.44. The van der Waals surface area contributed by atoms with Crippen LogP contribution in [0.25, 0.3) is 0 Å². The summed E-state index contributed by atoms with van der Waals surface area (Å²) in [5.74, 6) is 6.06. The van der Waals surface area contributed by atoms with Crippen molar-refractivity contribution in [1.82, 2.24) is 4.98 Å². The van der Waals surface area contributed by atoms with Crippen LogP contribution in [0.4, 0.5) is 4.39 Å². The van der Waals surface area contributed by atoms with Gasteiger partial charge in [-0.2, -0.15) is 0 Å². The molecular formula is C17H15ClFNO. The molecule has 0 radical (unpaired) electrons. The number of pyridine rings is 1. The van der Waals surface area contributed by atoms with E-state index in [-0.39, 0.29) is 0 Å². The van der Waals surface area contributed by atoms with E-state index in [1.54, 1.807) is 18.3 Å². The van der Waals surface area contributed by atoms with E-state index in [4.69, 9.17) is 16.3 Å². The maximum Gasteiger partial charge on any atom is 0.142 e. The number of hydrogen-bond donors (Lipinski definition) is 0. The van der Waals surface area contributed by atoms with Crippen LogP contribution >= 0.6 is 11.6 Å². The van der Waals surface area contributed by atoms with Crippen molar-refractivity contribution in [3.8, 4) is 17.6 Å². The zero-order chi connectivity index (χ0) is 15.1. The summed E-state index contributed by atoms with van der Waals surface area (Å²) < 4.78 is 19.4. The van der Waals surface area contributed by atoms with Crippen molar-refractivity contribution in [2.24, 2.45) is 0 Å². The van der Waals surface area contributed by atoms with Crippen molar-refractivity contribution in [2.45, 2.75) is 20.0 Å². The number of nitrogens with zero attached hydrogens (tertiary/aromatic N) is 1. The summed E-state index contributed by atoms with van der Waals surface area (Å²) in [5, 5.41) is 0. The van der Waals surface area contributed by atoms with E-state index in [1.165, 1.54) is 6.07 Å². The fourth-order valence-corrected chi connectivity index (χ4v) is 1.81. The first-order valence-electron chi connectivity index (χ1n) is 6.58. The Bertz CT molecular complexity index is 676. The molecule has 0 aliphatic carbocycles. The minimum atomic E-state index is -0.396. The van der Waals surface area contributed by atoms with Crippen LogP contribution in [0.1, 0.15) is 23.2 Å². The number of benzene rings is 1. The van der Waals surface area contributed by atoms with E-state index in [9.17, 15) is 4.39 Å². The highest BCUT2D eigenvalue weighted by Gasteiger charge is 2.04. The molecule has 0 N–H and O–H groups in total. The summed E-state index contributed by atoms with van der Waals surface area (Å²) in [5.41, 5.74) is 2.23. The van der Waals surface area contributed by atoms with Crippen molar-refractivity contribution < 1.29 is 9.13 Å². The highest BCUT2D eigenvalue weighted by molar-refractivity contribution is 6.18. The maximum atomic E-state index is 13.9. The molecule has 2 rings (SSSR count). The first kappa shape index (κ1) is 15.3. The lowest BCUT2D eigenvalue weighted by Gasteiger charge is -2.08. The molecule has 1 heterocycles. The predicted molar refractivity (Wildman–Crippen MR) is 81.9 cm³/mol. The Morgan fingerprint density at radius 2 is 2.19 bits per heavy atom. The average molecular weight is 304 g/mol. The van der Waals surface area contributed by atoms with Crippen molar-refractivity contribution >= 4 is 11.6 Å². The second-order valence-corrected chi connectivity index (χ2v) is 4.82. The third-order valence-corrected chi connectivity index (χ3v) is 3.07. The van der Waals surface area contributed by atoms with Gasteiger partial charge in [-0.1, -0.05) is 17.9 Å². The van der Waals surface area contributed by atoms with Crippen LogP contribution in [0.5, 0.6) is 5.75 Å². The molecule has 0 saturated carbocycles. The summed E-state index contributed by atoms with van der Waals surface area (Å²) in [6, 6.07) is 8.47. The zero-order valence-corrected chi connectivity index (χ0v) is 12.5. The largest absolute Gasteiger partial charge is 0.487 e. The predicted octanol–water partition coefficient (Wildman–Crippen LogP) is 4.09. The molecule has 0 saturated heterocycles. The molecule has 2 nitrogen and oxygen atoms in total. The van der Waals surface area contributed by atoms with E-state index in [2.05, 4.69) is 16.8 Å². The van der Waals surface area contributed by atoms with E-state index in [0.29, 0.717) is 30.2 Å². The molecule has 0 unspecified atom stereocenters. The molecule has 0 amide bonds. The fourth-order valence-electron chi connectivity index (χ4n) is 1.71. The van der Waals surface area contributed by atoms with E-state index in [1.807, 2.05) is 19.1 Å². The Morgan fingerprint density at radius 3 is 2.90 bits per heavy atom. The Balaban J connectivity index is 2.04. The van der Waals surface area contributed by atoms with Gasteiger partial charge in [-0.05, 0) is 30.7 Å². The van der Waals surface area contributed by atoms with E-state index in [0.717, 1.165) is 11.3 Å². The van der Waals surface area contributed by atoms with Crippen LogP contribution in [-0.4, -0.2) is 10.9 Å². The number of aromatic nitrogens is 1. The van der Waals surface area contributed by atoms with Gasteiger partial charge >= 0.3 is 0 Å². The molecule has 1 aromatic heterocycles. The standard InChI is InChI=1S/C17H15ClFNO/c1-13-5-4-10-20-17(13)12-21-15-8-7-14(16(19)11-15)6-2-3-9-18/h4-5,7-8,10-11H,3,9,12H2,1H3. The Kier molecular flexibility index (Phi) is 5.59. The lowest BCUT2D eigenvalue weighted by Crippen LogP contribution is -2.01. The molecule has 0 spiro atoms. The SMILES string of the molecule is Cc1cccnc1COc1ccc(C#CCCCl)c(F)c1. The minimum Gasteiger partial charge on any atom is -0.487 e. The number of halogens is 2. The number of ether oxygens (including phenoxy) is 1. The van der Waals surface area contributed by atoms with Crippen molar-refractivity contribution in [3.63, 3.8) is 0 Å². The van der Waals surface area contributed by atoms with Gasteiger partial charge in [0, 0.05) is 24.6 Å². The van der Waals surface area contributed by atoms with Gasteiger partial charge < -0.3 is 4.74 Å². The normalized spacial score (nSPS) is 9.86. The quantitative estimate of drug-likeness (QED) is 0.627. The van der Waals surface area contributed by atoms with Crippen LogP contribution in [0.2, 0.25) is 0 Å². The van der Waals surface area contributed by atoms with Gasteiger partial charge in [-0.3, -0.25) is 4.98 Å². The second kappa shape index (κ2) is 7.66. The van der Waals surface area contributed by atoms with Crippen LogP contribution in [0.15, 0.2) is 36.5 Å². The molecule has 0 aliphatic heterocycles. The Morgan fingerprint density at radius 1 is 1.33 bits per heavy atom. The highest BCUT2D eigenvalue weighted by atomic mass is 35.5. The summed E-state index contributed by atoms with van der Waals surface area (Å²) in [6.07, 6.45) is 2.25. The number of hydrogen-bond acceptors (Lipinski definition) is 2. The monoisotopic (exact) mass is 303 g/mol. The van der Waals surface area contributed by atoms with Gasteiger partial charge in [0.05, 0.1) is 11.3 Å². The topological polar surface area (TPSA) is 22.1 Å². The van der Waals surface area contributed by atoms with Crippen LogP contribution in [0, 0.1) is 24.6 Å². The molecule has 21 heavy (non-hydrogen) atoms. The third kappa shape index (κ3) is 4.47. The van der Waals surface area contributed by atoms with Crippen LogP contribution in [0.3, 0.4) is 0 Å². The molecule has 2 aromatic rings. The first-order chi connectivity index (χ1) is 10.2. The molecule has 0 bridgehead atoms. The molecular weight excluding hydrogens is 289 g/mol. The molecule has 0 fully saturated rings. The van der Waals surface area contributed by atoms with E-state index >= 15 is 0 Å². The maximum absolute atomic E-state index is 13.9. The van der Waals surface area contributed by atoms with Crippen molar-refractivity contribution in [1.29, 1.82) is 0 Å². The molecule has 108 valence electrons. The average Bonchev–Trinajstić information content (AvgIpc) is 2.49. The van der Waals surface area contributed by atoms with Gasteiger partial charge in [0.1, 0.15) is 18.2 Å². The lowest BCUT2D eigenvalue weighted by atomic mass is 10.2. The van der Waals surface area contributed by atoms with Gasteiger partial charge in [0.25, 0.3) is 0 Å². The molecule has 0 aliphatic rings. The van der Waals surface area contributed by atoms with Crippen molar-refractivity contribution in [2.75, 3.05) is 5.88 Å². The van der Waals surface area contributed by atoms with Gasteiger partial charge in [0.2, 0.25) is 0 Å². The van der Waals surface area contributed by atoms with E-state index < -0.39 is 5.82 Å². The number of rotatable bonds is 4. The fraction of sp³-hybridized carbons (Fsp3) is 0.235. The van der Waals surface area contributed by atoms with Gasteiger partial charge in [-0.15, -0.1) is 11.6 Å². The molecule has 0 atom stereocenters. The summed E-state index contributed by atoms with van der Waals surface area (Å²) in [7, 11) is 0. The highest BCUT2D eigenvalue weighted by Crippen LogP contribution is 2.17. The summed E-state index contributed by atoms with van der Waals surface area (Å²) in [6.45, 7) is 2.27. The Hall–Kier alpha value is -2.05. The Labute approximate surface area is 128 Å². The third-order valence-electron chi connectivity index (χ3n) is 2.88. The summed E-state index contributed by atoms with van der Waals surface area (Å²) >= 11 is 5.52. The summed E-state index contributed by atoms with van der Waals surface area (Å²) in [4.78, 5) is 4.23. The zero-order valence-electron chi connectivity index (χ0n) is 11.7.